The van der Waals surface area contributed by atoms with E-state index in [9.17, 15) is 19.2 Å². The van der Waals surface area contributed by atoms with Crippen molar-refractivity contribution in [3.05, 3.63) is 121 Å². The summed E-state index contributed by atoms with van der Waals surface area (Å²) in [6.07, 6.45) is 4.81. The monoisotopic (exact) mass is 822 g/mol. The Bertz CT molecular complexity index is 2530. The molecule has 0 aliphatic carbocycles. The highest BCUT2D eigenvalue weighted by Gasteiger charge is 2.41. The Hall–Kier alpha value is -6.60. The highest BCUT2D eigenvalue weighted by atomic mass is 16.5. The highest BCUT2D eigenvalue weighted by Crippen LogP contribution is 2.36. The van der Waals surface area contributed by atoms with E-state index >= 15 is 0 Å². The van der Waals surface area contributed by atoms with Crippen molar-refractivity contribution < 1.29 is 23.9 Å². The molecule has 2 aromatic heterocycles. The normalized spacial score (nSPS) is 17.5. The van der Waals surface area contributed by atoms with Gasteiger partial charge in [0.1, 0.15) is 23.7 Å². The first-order chi connectivity index (χ1) is 29.0. The first-order valence-electron chi connectivity index (χ1n) is 20.4. The summed E-state index contributed by atoms with van der Waals surface area (Å²) in [6, 6.07) is 28.7. The van der Waals surface area contributed by atoms with Crippen molar-refractivity contribution in [2.24, 2.45) is 5.92 Å². The summed E-state index contributed by atoms with van der Waals surface area (Å²) in [6.45, 7) is 4.46. The molecular weight excluding hydrogens is 769 g/mol. The van der Waals surface area contributed by atoms with Crippen molar-refractivity contribution in [2.45, 2.75) is 64.7 Å². The fourth-order valence-corrected chi connectivity index (χ4v) is 8.55. The lowest BCUT2D eigenvalue weighted by molar-refractivity contribution is -0.138. The number of imidazole rings is 2. The van der Waals surface area contributed by atoms with Crippen molar-refractivity contribution in [3.8, 4) is 33.6 Å². The quantitative estimate of drug-likeness (QED) is 0.118. The van der Waals surface area contributed by atoms with E-state index in [1.54, 1.807) is 11.1 Å². The molecule has 13 heteroatoms. The summed E-state index contributed by atoms with van der Waals surface area (Å²) in [5.41, 5.74) is 6.63. The van der Waals surface area contributed by atoms with Crippen molar-refractivity contribution in [3.63, 3.8) is 0 Å². The third kappa shape index (κ3) is 8.69. The van der Waals surface area contributed by atoms with E-state index in [-0.39, 0.29) is 49.9 Å². The van der Waals surface area contributed by atoms with Gasteiger partial charge in [0, 0.05) is 18.5 Å². The molecule has 2 aliphatic rings. The SMILES string of the molecule is C.COC(=O)N[C@H](C(=O)N1CCC[C@H]1c1ncc(-c2ccc3cc(-c4ccc(-c5cnc([C@@H]6CC(=O)CN6C(=O)[C@@H](c6ccccc6)N(C)C)[nH]5)cc4)ccc3c2)[nH]1)C(C)C. The number of hydrogen-bond donors (Lipinski definition) is 3. The number of benzene rings is 4. The number of Topliss-reactive ketones (excluding diaryl/α,β-unsaturated/α-hetero) is 1. The molecule has 316 valence electrons. The Kier molecular flexibility index (Phi) is 12.5. The van der Waals surface area contributed by atoms with E-state index in [0.29, 0.717) is 12.4 Å². The number of methoxy groups -OCH3 is 1. The lowest BCUT2D eigenvalue weighted by Gasteiger charge is -2.31. The van der Waals surface area contributed by atoms with Crippen LogP contribution in [0.25, 0.3) is 44.4 Å². The number of nitrogens with one attached hydrogen (secondary N) is 3. The van der Waals surface area contributed by atoms with Crippen molar-refractivity contribution in [2.75, 3.05) is 34.3 Å². The zero-order valence-electron chi connectivity index (χ0n) is 34.5. The third-order valence-corrected chi connectivity index (χ3v) is 11.7. The van der Waals surface area contributed by atoms with Crippen LogP contribution in [0.2, 0.25) is 0 Å². The molecule has 4 heterocycles. The molecule has 2 aliphatic heterocycles. The standard InChI is InChI=1S/C47H50N8O5.CH4/c1-28(2)41(52-47(59)60-5)45(57)54-21-9-12-39(54)43-48-26-38(51-43)35-20-19-33-22-32(17-18-34(33)23-35)29-13-15-30(16-14-29)37-25-49-44(50-37)40-24-36(56)27-55(40)46(58)42(53(3)4)31-10-7-6-8-11-31;/h6-8,10-11,13-20,22-23,25-26,28,39-42H,9,12,21,24,27H2,1-5H3,(H,48,51)(H,49,50)(H,52,59);1H4/t39-,40-,41-,42+;/m0./s1. The van der Waals surface area contributed by atoms with Crippen LogP contribution in [-0.2, 0) is 19.1 Å². The molecule has 6 aromatic rings. The van der Waals surface area contributed by atoms with E-state index in [0.717, 1.165) is 68.6 Å². The maximum atomic E-state index is 13.9. The molecule has 0 spiro atoms. The van der Waals surface area contributed by atoms with E-state index in [4.69, 9.17) is 9.72 Å². The summed E-state index contributed by atoms with van der Waals surface area (Å²) in [4.78, 5) is 73.9. The Morgan fingerprint density at radius 1 is 0.770 bits per heavy atom. The van der Waals surface area contributed by atoms with Crippen molar-refractivity contribution in [1.29, 1.82) is 0 Å². The number of hydrogen-bond acceptors (Lipinski definition) is 8. The fraction of sp³-hybridized carbons (Fsp3) is 0.333. The van der Waals surface area contributed by atoms with Crippen LogP contribution < -0.4 is 5.32 Å². The van der Waals surface area contributed by atoms with Crippen LogP contribution in [-0.4, -0.2) is 98.7 Å². The van der Waals surface area contributed by atoms with Crippen LogP contribution in [0.3, 0.4) is 0 Å². The van der Waals surface area contributed by atoms with Gasteiger partial charge in [-0.05, 0) is 78.0 Å². The molecule has 8 rings (SSSR count). The predicted octanol–water partition coefficient (Wildman–Crippen LogP) is 8.11. The Balaban J connectivity index is 0.00000561. The van der Waals surface area contributed by atoms with Crippen LogP contribution >= 0.6 is 0 Å². The molecule has 0 radical (unpaired) electrons. The minimum atomic E-state index is -0.690. The van der Waals surface area contributed by atoms with E-state index in [2.05, 4.69) is 68.8 Å². The van der Waals surface area contributed by atoms with Gasteiger partial charge in [-0.25, -0.2) is 14.8 Å². The number of amides is 3. The maximum absolute atomic E-state index is 13.9. The fourth-order valence-electron chi connectivity index (χ4n) is 8.55. The van der Waals surface area contributed by atoms with Crippen LogP contribution in [0.15, 0.2) is 103 Å². The Labute approximate surface area is 356 Å². The van der Waals surface area contributed by atoms with E-state index < -0.39 is 24.2 Å². The number of alkyl carbamates (subject to hydrolysis) is 1. The van der Waals surface area contributed by atoms with Gasteiger partial charge in [0.2, 0.25) is 11.8 Å². The lowest BCUT2D eigenvalue weighted by Crippen LogP contribution is -2.51. The van der Waals surface area contributed by atoms with Gasteiger partial charge in [0.25, 0.3) is 0 Å². The minimum absolute atomic E-state index is 0. The number of likely N-dealkylation sites (N-methyl/N-ethyl adjacent to an activating group) is 1. The number of H-pyrrole nitrogens is 2. The molecule has 3 N–H and O–H groups in total. The number of carbonyl (C=O) groups is 4. The van der Waals surface area contributed by atoms with Gasteiger partial charge in [-0.2, -0.15) is 0 Å². The number of fused-ring (bicyclic) bond motifs is 1. The number of rotatable bonds is 11. The molecule has 3 amide bonds. The topological polar surface area (TPSA) is 157 Å². The predicted molar refractivity (Wildman–Crippen MR) is 236 cm³/mol. The van der Waals surface area contributed by atoms with Gasteiger partial charge in [-0.3, -0.25) is 19.3 Å². The lowest BCUT2D eigenvalue weighted by atomic mass is 9.98. The summed E-state index contributed by atoms with van der Waals surface area (Å²) in [5, 5.41) is 4.88. The number of likely N-dealkylation sites (tertiary alicyclic amines) is 2. The largest absolute Gasteiger partial charge is 0.453 e. The second kappa shape index (κ2) is 17.9. The Morgan fingerprint density at radius 2 is 1.36 bits per heavy atom. The first kappa shape index (κ1) is 42.5. The number of aromatic nitrogens is 4. The molecule has 13 nitrogen and oxygen atoms in total. The number of aromatic amines is 2. The van der Waals surface area contributed by atoms with Crippen molar-refractivity contribution >= 4 is 34.5 Å². The zero-order chi connectivity index (χ0) is 42.1. The molecule has 0 saturated carbocycles. The number of ether oxygens (including phenoxy) is 1. The molecule has 2 saturated heterocycles. The van der Waals surface area contributed by atoms with Gasteiger partial charge >= 0.3 is 6.09 Å². The van der Waals surface area contributed by atoms with Gasteiger partial charge in [-0.15, -0.1) is 0 Å². The van der Waals surface area contributed by atoms with Crippen molar-refractivity contribution in [1.82, 2.24) is 40.0 Å². The minimum Gasteiger partial charge on any atom is -0.453 e. The smallest absolute Gasteiger partial charge is 0.407 e. The highest BCUT2D eigenvalue weighted by molar-refractivity contribution is 5.93. The molecule has 4 aromatic carbocycles. The molecule has 0 bridgehead atoms. The molecular formula is C48H54N8O5. The average molecular weight is 823 g/mol. The van der Waals surface area contributed by atoms with Gasteiger partial charge in [0.05, 0.1) is 49.5 Å². The maximum Gasteiger partial charge on any atom is 0.407 e. The number of nitrogens with zero attached hydrogens (tertiary/aromatic N) is 5. The first-order valence-corrected chi connectivity index (χ1v) is 20.4. The average Bonchev–Trinajstić information content (AvgIpc) is 4.09. The molecule has 61 heavy (non-hydrogen) atoms. The van der Waals surface area contributed by atoms with Gasteiger partial charge in [-0.1, -0.05) is 100 Å². The second-order valence-corrected chi connectivity index (χ2v) is 16.3. The van der Waals surface area contributed by atoms with Gasteiger partial charge in [0.15, 0.2) is 5.78 Å². The van der Waals surface area contributed by atoms with Crippen LogP contribution in [0.4, 0.5) is 4.79 Å². The van der Waals surface area contributed by atoms with Gasteiger partial charge < -0.3 is 29.8 Å². The summed E-state index contributed by atoms with van der Waals surface area (Å²) in [7, 11) is 5.04. The third-order valence-electron chi connectivity index (χ3n) is 11.7. The number of ketones is 1. The van der Waals surface area contributed by atoms with Crippen LogP contribution in [0, 0.1) is 5.92 Å². The number of carbonyl (C=O) groups excluding carboxylic acids is 4. The van der Waals surface area contributed by atoms with Crippen LogP contribution in [0.1, 0.15) is 75.9 Å². The second-order valence-electron chi connectivity index (χ2n) is 16.3. The summed E-state index contributed by atoms with van der Waals surface area (Å²) in [5.74, 6) is 0.963. The molecule has 2 fully saturated rings. The molecule has 0 unspecified atom stereocenters. The van der Waals surface area contributed by atoms with E-state index in [1.807, 2.05) is 86.4 Å². The summed E-state index contributed by atoms with van der Waals surface area (Å²) >= 11 is 0. The molecule has 4 atom stereocenters. The van der Waals surface area contributed by atoms with E-state index in [1.165, 1.54) is 7.11 Å². The zero-order valence-corrected chi connectivity index (χ0v) is 34.5. The van der Waals surface area contributed by atoms with Crippen LogP contribution in [0.5, 0.6) is 0 Å². The Morgan fingerprint density at radius 3 is 2.00 bits per heavy atom. The summed E-state index contributed by atoms with van der Waals surface area (Å²) < 4.78 is 4.77.